The molecule has 0 aromatic heterocycles. The van der Waals surface area contributed by atoms with Crippen molar-refractivity contribution >= 4 is 17.7 Å². The number of carbonyl (C=O) groups is 3. The normalized spacial score (nSPS) is 14.8. The largest absolute Gasteiger partial charge is 0.395 e. The van der Waals surface area contributed by atoms with Crippen molar-refractivity contribution in [3.63, 3.8) is 0 Å². The maximum Gasteiger partial charge on any atom is 0.327 e. The van der Waals surface area contributed by atoms with Crippen molar-refractivity contribution in [3.05, 3.63) is 12.3 Å². The molecular formula is C14H24N4O4. The second-order valence-corrected chi connectivity index (χ2v) is 5.24. The zero-order chi connectivity index (χ0) is 16.4. The molecule has 0 spiro atoms. The lowest BCUT2D eigenvalue weighted by Crippen LogP contribution is -2.47. The molecule has 0 atom stereocenters. The Morgan fingerprint density at radius 2 is 1.73 bits per heavy atom. The molecule has 22 heavy (non-hydrogen) atoms. The fourth-order valence-electron chi connectivity index (χ4n) is 2.22. The summed E-state index contributed by atoms with van der Waals surface area (Å²) in [6, 6.07) is 0.216. The van der Waals surface area contributed by atoms with Gasteiger partial charge in [0.1, 0.15) is 0 Å². The van der Waals surface area contributed by atoms with Gasteiger partial charge in [-0.05, 0) is 12.8 Å². The molecule has 0 bridgehead atoms. The minimum atomic E-state index is -0.915. The van der Waals surface area contributed by atoms with Crippen LogP contribution in [0.5, 0.6) is 0 Å². The van der Waals surface area contributed by atoms with Crippen LogP contribution in [0, 0.1) is 0 Å². The number of hydrogen-bond acceptors (Lipinski definition) is 5. The van der Waals surface area contributed by atoms with Gasteiger partial charge in [0.05, 0.1) is 13.0 Å². The Balaban J connectivity index is 2.20. The maximum atomic E-state index is 11.8. The Morgan fingerprint density at radius 3 is 2.36 bits per heavy atom. The molecule has 1 aliphatic carbocycles. The molecule has 1 aliphatic rings. The number of nitrogens with one attached hydrogen (secondary N) is 4. The molecule has 1 rings (SSSR count). The van der Waals surface area contributed by atoms with Gasteiger partial charge in [0.2, 0.25) is 5.91 Å². The van der Waals surface area contributed by atoms with Crippen molar-refractivity contribution in [2.45, 2.75) is 44.6 Å². The number of aliphatic hydroxyl groups is 1. The van der Waals surface area contributed by atoms with E-state index < -0.39 is 11.8 Å². The van der Waals surface area contributed by atoms with Crippen LogP contribution in [-0.2, 0) is 14.4 Å². The summed E-state index contributed by atoms with van der Waals surface area (Å²) in [7, 11) is 0. The van der Waals surface area contributed by atoms with Crippen LogP contribution >= 0.6 is 0 Å². The highest BCUT2D eigenvalue weighted by atomic mass is 16.3. The van der Waals surface area contributed by atoms with Crippen LogP contribution in [0.4, 0.5) is 0 Å². The molecule has 124 valence electrons. The zero-order valence-electron chi connectivity index (χ0n) is 12.6. The van der Waals surface area contributed by atoms with Crippen LogP contribution in [0.3, 0.4) is 0 Å². The molecule has 0 radical (unpaired) electrons. The minimum absolute atomic E-state index is 0.00298. The summed E-state index contributed by atoms with van der Waals surface area (Å²) in [5.74, 6) is -1.95. The van der Waals surface area contributed by atoms with E-state index in [4.69, 9.17) is 5.11 Å². The average molecular weight is 312 g/mol. The lowest BCUT2D eigenvalue weighted by molar-refractivity contribution is -0.139. The molecule has 1 fully saturated rings. The maximum absolute atomic E-state index is 11.8. The first-order valence-corrected chi connectivity index (χ1v) is 7.45. The zero-order valence-corrected chi connectivity index (χ0v) is 12.6. The highest BCUT2D eigenvalue weighted by molar-refractivity contribution is 6.34. The van der Waals surface area contributed by atoms with Crippen LogP contribution < -0.4 is 21.5 Å². The highest BCUT2D eigenvalue weighted by Crippen LogP contribution is 2.17. The van der Waals surface area contributed by atoms with Crippen molar-refractivity contribution in [2.75, 3.05) is 13.2 Å². The van der Waals surface area contributed by atoms with Gasteiger partial charge in [0.15, 0.2) is 0 Å². The van der Waals surface area contributed by atoms with E-state index in [9.17, 15) is 14.4 Å². The molecule has 3 amide bonds. The molecule has 5 N–H and O–H groups in total. The minimum Gasteiger partial charge on any atom is -0.395 e. The summed E-state index contributed by atoms with van der Waals surface area (Å²) >= 11 is 0. The number of rotatable bonds is 7. The summed E-state index contributed by atoms with van der Waals surface area (Å²) in [5, 5.41) is 13.7. The lowest BCUT2D eigenvalue weighted by Gasteiger charge is -2.23. The first kappa shape index (κ1) is 18.0. The SMILES string of the molecule is C=C(CC(=O)NC1CCCCC1)NNC(=O)C(=O)NCCO. The summed E-state index contributed by atoms with van der Waals surface area (Å²) in [6.07, 6.45) is 5.48. The van der Waals surface area contributed by atoms with Crippen molar-refractivity contribution in [1.82, 2.24) is 21.5 Å². The molecule has 0 aliphatic heterocycles. The monoisotopic (exact) mass is 312 g/mol. The Hall–Kier alpha value is -2.09. The van der Waals surface area contributed by atoms with Gasteiger partial charge in [-0.2, -0.15) is 0 Å². The van der Waals surface area contributed by atoms with Crippen LogP contribution in [0.25, 0.3) is 0 Å². The third-order valence-electron chi connectivity index (χ3n) is 3.30. The smallest absolute Gasteiger partial charge is 0.327 e. The van der Waals surface area contributed by atoms with Crippen molar-refractivity contribution in [2.24, 2.45) is 0 Å². The van der Waals surface area contributed by atoms with Crippen molar-refractivity contribution in [1.29, 1.82) is 0 Å². The van der Waals surface area contributed by atoms with E-state index in [1.165, 1.54) is 6.42 Å². The van der Waals surface area contributed by atoms with E-state index in [1.807, 2.05) is 0 Å². The molecule has 0 aromatic rings. The molecule has 0 unspecified atom stereocenters. The first-order chi connectivity index (χ1) is 10.5. The molecule has 8 nitrogen and oxygen atoms in total. The second kappa shape index (κ2) is 9.78. The van der Waals surface area contributed by atoms with Gasteiger partial charge >= 0.3 is 11.8 Å². The van der Waals surface area contributed by atoms with Crippen molar-refractivity contribution in [3.8, 4) is 0 Å². The number of hydrazine groups is 1. The number of carbonyl (C=O) groups excluding carboxylic acids is 3. The topological polar surface area (TPSA) is 120 Å². The van der Waals surface area contributed by atoms with Gasteiger partial charge < -0.3 is 21.2 Å². The van der Waals surface area contributed by atoms with Gasteiger partial charge in [-0.15, -0.1) is 0 Å². The van der Waals surface area contributed by atoms with Crippen LogP contribution in [0.2, 0.25) is 0 Å². The third-order valence-corrected chi connectivity index (χ3v) is 3.30. The van der Waals surface area contributed by atoms with Gasteiger partial charge in [0.25, 0.3) is 0 Å². The van der Waals surface area contributed by atoms with Crippen LogP contribution in [0.15, 0.2) is 12.3 Å². The van der Waals surface area contributed by atoms with E-state index in [2.05, 4.69) is 28.1 Å². The average Bonchev–Trinajstić information content (AvgIpc) is 2.51. The van der Waals surface area contributed by atoms with Gasteiger partial charge in [-0.1, -0.05) is 25.8 Å². The number of aliphatic hydroxyl groups excluding tert-OH is 1. The summed E-state index contributed by atoms with van der Waals surface area (Å²) in [4.78, 5) is 34.4. The van der Waals surface area contributed by atoms with E-state index in [0.29, 0.717) is 0 Å². The Kier molecular flexibility index (Phi) is 7.98. The molecule has 8 heteroatoms. The fraction of sp³-hybridized carbons (Fsp3) is 0.643. The predicted octanol–water partition coefficient (Wildman–Crippen LogP) is -0.932. The Labute approximate surface area is 129 Å². The third kappa shape index (κ3) is 7.07. The number of amides is 3. The molecule has 1 saturated carbocycles. The molecular weight excluding hydrogens is 288 g/mol. The molecule has 0 heterocycles. The number of hydrogen-bond donors (Lipinski definition) is 5. The molecule has 0 aromatic carbocycles. The van der Waals surface area contributed by atoms with Gasteiger partial charge in [-0.3, -0.25) is 19.8 Å². The van der Waals surface area contributed by atoms with E-state index in [-0.39, 0.29) is 37.2 Å². The van der Waals surface area contributed by atoms with Crippen molar-refractivity contribution < 1.29 is 19.5 Å². The lowest BCUT2D eigenvalue weighted by atomic mass is 9.95. The Bertz CT molecular complexity index is 419. The predicted molar refractivity (Wildman–Crippen MR) is 80.1 cm³/mol. The second-order valence-electron chi connectivity index (χ2n) is 5.24. The Morgan fingerprint density at radius 1 is 1.05 bits per heavy atom. The van der Waals surface area contributed by atoms with Crippen LogP contribution in [0.1, 0.15) is 38.5 Å². The van der Waals surface area contributed by atoms with E-state index in [0.717, 1.165) is 25.7 Å². The van der Waals surface area contributed by atoms with Gasteiger partial charge in [0, 0.05) is 18.3 Å². The fourth-order valence-corrected chi connectivity index (χ4v) is 2.22. The quantitative estimate of drug-likeness (QED) is 0.307. The summed E-state index contributed by atoms with van der Waals surface area (Å²) in [6.45, 7) is 3.37. The summed E-state index contributed by atoms with van der Waals surface area (Å²) < 4.78 is 0. The molecule has 0 saturated heterocycles. The van der Waals surface area contributed by atoms with Crippen LogP contribution in [-0.4, -0.2) is 42.0 Å². The first-order valence-electron chi connectivity index (χ1n) is 7.45. The van der Waals surface area contributed by atoms with Gasteiger partial charge in [-0.25, -0.2) is 0 Å². The highest BCUT2D eigenvalue weighted by Gasteiger charge is 2.17. The standard InChI is InChI=1S/C14H24N4O4/c1-10(17-18-14(22)13(21)15-7-8-19)9-12(20)16-11-5-3-2-4-6-11/h11,17,19H,1-9H2,(H,15,21)(H,16,20)(H,18,22). The van der Waals surface area contributed by atoms with E-state index >= 15 is 0 Å². The van der Waals surface area contributed by atoms with E-state index in [1.54, 1.807) is 0 Å². The summed E-state index contributed by atoms with van der Waals surface area (Å²) in [5.41, 5.74) is 4.86.